The van der Waals surface area contributed by atoms with Gasteiger partial charge < -0.3 is 4.98 Å². The van der Waals surface area contributed by atoms with Gasteiger partial charge >= 0.3 is 5.69 Å². The summed E-state index contributed by atoms with van der Waals surface area (Å²) in [6.07, 6.45) is 0. The summed E-state index contributed by atoms with van der Waals surface area (Å²) < 4.78 is 24.1. The van der Waals surface area contributed by atoms with Crippen molar-refractivity contribution in [2.45, 2.75) is 10.6 Å². The highest BCUT2D eigenvalue weighted by atomic mass is 35.5. The summed E-state index contributed by atoms with van der Waals surface area (Å²) in [5.74, 6) is -0.325. The molecule has 5 nitrogen and oxygen atoms in total. The van der Waals surface area contributed by atoms with Crippen LogP contribution in [0.15, 0.2) is 46.1 Å². The molecule has 0 amide bonds. The van der Waals surface area contributed by atoms with Gasteiger partial charge in [-0.2, -0.15) is 4.98 Å². The Bertz CT molecular complexity index is 711. The van der Waals surface area contributed by atoms with Gasteiger partial charge in [-0.05, 0) is 18.2 Å². The van der Waals surface area contributed by atoms with Gasteiger partial charge in [0.25, 0.3) is 0 Å². The third kappa shape index (κ3) is 2.96. The fourth-order valence-corrected chi connectivity index (χ4v) is 2.98. The van der Waals surface area contributed by atoms with E-state index in [0.717, 1.165) is 0 Å². The Kier molecular flexibility index (Phi) is 3.49. The van der Waals surface area contributed by atoms with Crippen LogP contribution >= 0.6 is 11.6 Å². The normalized spacial score (nSPS) is 11.4. The van der Waals surface area contributed by atoms with Crippen molar-refractivity contribution in [3.63, 3.8) is 0 Å². The van der Waals surface area contributed by atoms with Crippen molar-refractivity contribution in [2.24, 2.45) is 0 Å². The molecule has 0 saturated heterocycles. The number of hydrogen-bond donors (Lipinski definition) is 1. The van der Waals surface area contributed by atoms with Crippen molar-refractivity contribution in [3.05, 3.63) is 57.7 Å². The lowest BCUT2D eigenvalue weighted by Gasteiger charge is -2.04. The van der Waals surface area contributed by atoms with Gasteiger partial charge in [-0.1, -0.05) is 29.8 Å². The average molecular weight is 285 g/mol. The van der Waals surface area contributed by atoms with E-state index in [-0.39, 0.29) is 21.5 Å². The van der Waals surface area contributed by atoms with Gasteiger partial charge in [-0.25, -0.2) is 13.2 Å². The lowest BCUT2D eigenvalue weighted by atomic mass is 10.4. The summed E-state index contributed by atoms with van der Waals surface area (Å²) in [6.45, 7) is 0. The van der Waals surface area contributed by atoms with Crippen molar-refractivity contribution in [1.29, 1.82) is 0 Å². The zero-order valence-corrected chi connectivity index (χ0v) is 10.7. The van der Waals surface area contributed by atoms with Crippen LogP contribution in [0.5, 0.6) is 0 Å². The average Bonchev–Trinajstić information content (AvgIpc) is 2.28. The maximum absolute atomic E-state index is 12.0. The monoisotopic (exact) mass is 284 g/mol. The molecule has 0 spiro atoms. The van der Waals surface area contributed by atoms with Crippen LogP contribution in [0.4, 0.5) is 0 Å². The molecule has 0 fully saturated rings. The first-order valence-corrected chi connectivity index (χ1v) is 7.04. The van der Waals surface area contributed by atoms with Gasteiger partial charge in [0.1, 0.15) is 5.15 Å². The number of benzene rings is 1. The number of rotatable bonds is 3. The van der Waals surface area contributed by atoms with Crippen molar-refractivity contribution in [1.82, 2.24) is 9.97 Å². The molecular weight excluding hydrogens is 276 g/mol. The van der Waals surface area contributed by atoms with Crippen LogP contribution in [-0.2, 0) is 15.6 Å². The molecule has 1 aromatic heterocycles. The SMILES string of the molecule is O=c1nc(Cl)cc(CS(=O)(=O)c2ccccc2)[nH]1. The van der Waals surface area contributed by atoms with Crippen LogP contribution in [0.3, 0.4) is 0 Å². The van der Waals surface area contributed by atoms with Gasteiger partial charge in [0, 0.05) is 5.69 Å². The predicted octanol–water partition coefficient (Wildman–Crippen LogP) is 1.40. The Morgan fingerprint density at radius 3 is 2.50 bits per heavy atom. The first-order chi connectivity index (χ1) is 8.47. The van der Waals surface area contributed by atoms with E-state index in [2.05, 4.69) is 9.97 Å². The second-order valence-corrected chi connectivity index (χ2v) is 5.98. The molecular formula is C11H9ClN2O3S. The molecule has 0 aliphatic heterocycles. The van der Waals surface area contributed by atoms with Gasteiger partial charge in [0.15, 0.2) is 9.84 Å². The fourth-order valence-electron chi connectivity index (χ4n) is 1.47. The van der Waals surface area contributed by atoms with Crippen LogP contribution < -0.4 is 5.69 Å². The molecule has 0 unspecified atom stereocenters. The van der Waals surface area contributed by atoms with E-state index < -0.39 is 15.5 Å². The molecule has 0 radical (unpaired) electrons. The van der Waals surface area contributed by atoms with Crippen LogP contribution in [0.25, 0.3) is 0 Å². The van der Waals surface area contributed by atoms with Gasteiger partial charge in [0.2, 0.25) is 0 Å². The standard InChI is InChI=1S/C11H9ClN2O3S/c12-10-6-8(13-11(15)14-10)7-18(16,17)9-4-2-1-3-5-9/h1-6H,7H2,(H,13,14,15). The minimum Gasteiger partial charge on any atom is -0.309 e. The summed E-state index contributed by atoms with van der Waals surface area (Å²) >= 11 is 5.60. The van der Waals surface area contributed by atoms with Gasteiger partial charge in [-0.15, -0.1) is 0 Å². The molecule has 2 rings (SSSR count). The summed E-state index contributed by atoms with van der Waals surface area (Å²) in [7, 11) is -3.50. The third-order valence-corrected chi connectivity index (χ3v) is 4.09. The van der Waals surface area contributed by atoms with E-state index in [0.29, 0.717) is 0 Å². The van der Waals surface area contributed by atoms with Crippen molar-refractivity contribution < 1.29 is 8.42 Å². The van der Waals surface area contributed by atoms with Gasteiger partial charge in [0.05, 0.1) is 10.6 Å². The smallest absolute Gasteiger partial charge is 0.309 e. The molecule has 0 atom stereocenters. The Hall–Kier alpha value is -1.66. The van der Waals surface area contributed by atoms with Crippen molar-refractivity contribution in [2.75, 3.05) is 0 Å². The van der Waals surface area contributed by atoms with Crippen LogP contribution in [0.1, 0.15) is 5.69 Å². The van der Waals surface area contributed by atoms with Gasteiger partial charge in [-0.3, -0.25) is 0 Å². The number of aromatic nitrogens is 2. The van der Waals surface area contributed by atoms with E-state index in [1.54, 1.807) is 18.2 Å². The number of aromatic amines is 1. The lowest BCUT2D eigenvalue weighted by molar-refractivity contribution is 0.594. The molecule has 0 saturated carbocycles. The van der Waals surface area contributed by atoms with Crippen molar-refractivity contribution >= 4 is 21.4 Å². The highest BCUT2D eigenvalue weighted by molar-refractivity contribution is 7.90. The van der Waals surface area contributed by atoms with Crippen LogP contribution in [0, 0.1) is 0 Å². The minimum atomic E-state index is -3.50. The molecule has 2 aromatic rings. The summed E-state index contributed by atoms with van der Waals surface area (Å²) in [5, 5.41) is -0.0305. The van der Waals surface area contributed by atoms with E-state index >= 15 is 0 Å². The van der Waals surface area contributed by atoms with E-state index in [1.165, 1.54) is 18.2 Å². The Morgan fingerprint density at radius 2 is 1.89 bits per heavy atom. The number of nitrogens with zero attached hydrogens (tertiary/aromatic N) is 1. The summed E-state index contributed by atoms with van der Waals surface area (Å²) in [4.78, 5) is 17.0. The number of sulfone groups is 1. The lowest BCUT2D eigenvalue weighted by Crippen LogP contribution is -2.15. The second kappa shape index (κ2) is 4.91. The number of halogens is 1. The maximum Gasteiger partial charge on any atom is 0.346 e. The van der Waals surface area contributed by atoms with Crippen LogP contribution in [-0.4, -0.2) is 18.4 Å². The second-order valence-electron chi connectivity index (χ2n) is 3.61. The molecule has 7 heteroatoms. The number of nitrogens with one attached hydrogen (secondary N) is 1. The molecule has 0 bridgehead atoms. The Labute approximate surface area is 108 Å². The topological polar surface area (TPSA) is 79.9 Å². The molecule has 18 heavy (non-hydrogen) atoms. The first-order valence-electron chi connectivity index (χ1n) is 5.01. The van der Waals surface area contributed by atoms with E-state index in [4.69, 9.17) is 11.6 Å². The molecule has 0 aliphatic carbocycles. The minimum absolute atomic E-state index is 0.0305. The highest BCUT2D eigenvalue weighted by Gasteiger charge is 2.15. The van der Waals surface area contributed by atoms with Crippen LogP contribution in [0.2, 0.25) is 5.15 Å². The molecule has 1 N–H and O–H groups in total. The first kappa shape index (κ1) is 12.8. The number of H-pyrrole nitrogens is 1. The molecule has 94 valence electrons. The summed E-state index contributed by atoms with van der Waals surface area (Å²) in [5.41, 5.74) is -0.454. The van der Waals surface area contributed by atoms with E-state index in [1.807, 2.05) is 0 Å². The maximum atomic E-state index is 12.0. The third-order valence-electron chi connectivity index (χ3n) is 2.22. The molecule has 1 aromatic carbocycles. The zero-order valence-electron chi connectivity index (χ0n) is 9.13. The molecule has 0 aliphatic rings. The van der Waals surface area contributed by atoms with E-state index in [9.17, 15) is 13.2 Å². The molecule has 1 heterocycles. The predicted molar refractivity (Wildman–Crippen MR) is 67.2 cm³/mol. The highest BCUT2D eigenvalue weighted by Crippen LogP contribution is 2.15. The van der Waals surface area contributed by atoms with Crippen molar-refractivity contribution in [3.8, 4) is 0 Å². The summed E-state index contributed by atoms with van der Waals surface area (Å²) in [6, 6.07) is 9.31. The fraction of sp³-hybridized carbons (Fsp3) is 0.0909. The zero-order chi connectivity index (χ0) is 13.2. The largest absolute Gasteiger partial charge is 0.346 e. The quantitative estimate of drug-likeness (QED) is 0.864. The Morgan fingerprint density at radius 1 is 1.22 bits per heavy atom. The number of hydrogen-bond acceptors (Lipinski definition) is 4. The Balaban J connectivity index is 2.37.